The van der Waals surface area contributed by atoms with Gasteiger partial charge in [0.15, 0.2) is 0 Å². The van der Waals surface area contributed by atoms with Crippen LogP contribution in [0.5, 0.6) is 0 Å². The molecule has 0 amide bonds. The fourth-order valence-electron chi connectivity index (χ4n) is 2.87. The molecule has 1 heterocycles. The van der Waals surface area contributed by atoms with Gasteiger partial charge in [-0.05, 0) is 24.3 Å². The van der Waals surface area contributed by atoms with Crippen LogP contribution in [-0.2, 0) is 0 Å². The summed E-state index contributed by atoms with van der Waals surface area (Å²) in [6.45, 7) is 0. The summed E-state index contributed by atoms with van der Waals surface area (Å²) >= 11 is 18.5. The second-order valence-electron chi connectivity index (χ2n) is 5.09. The average Bonchev–Trinajstić information content (AvgIpc) is 2.87. The van der Waals surface area contributed by atoms with Crippen LogP contribution in [-0.4, -0.2) is 4.57 Å². The van der Waals surface area contributed by atoms with Crippen LogP contribution in [0.3, 0.4) is 0 Å². The highest BCUT2D eigenvalue weighted by Gasteiger charge is 2.13. The van der Waals surface area contributed by atoms with Gasteiger partial charge in [-0.25, -0.2) is 0 Å². The Bertz CT molecular complexity index is 941. The van der Waals surface area contributed by atoms with Gasteiger partial charge in [0.05, 0.1) is 26.1 Å². The Kier molecular flexibility index (Phi) is 3.30. The second-order valence-corrected chi connectivity index (χ2v) is 6.29. The number of hydrogen-bond acceptors (Lipinski definition) is 0. The smallest absolute Gasteiger partial charge is 0.0780 e. The summed E-state index contributed by atoms with van der Waals surface area (Å²) in [5.74, 6) is 0. The predicted octanol–water partition coefficient (Wildman–Crippen LogP) is 6.74. The van der Waals surface area contributed by atoms with Gasteiger partial charge in [-0.1, -0.05) is 71.2 Å². The van der Waals surface area contributed by atoms with Gasteiger partial charge in [-0.15, -0.1) is 0 Å². The van der Waals surface area contributed by atoms with E-state index in [1.807, 2.05) is 36.4 Å². The van der Waals surface area contributed by atoms with E-state index in [4.69, 9.17) is 34.8 Å². The Morgan fingerprint density at radius 2 is 1.09 bits per heavy atom. The van der Waals surface area contributed by atoms with E-state index in [2.05, 4.69) is 28.8 Å². The first-order chi connectivity index (χ1) is 10.7. The lowest BCUT2D eigenvalue weighted by Crippen LogP contribution is -1.94. The van der Waals surface area contributed by atoms with E-state index in [0.717, 1.165) is 16.7 Å². The summed E-state index contributed by atoms with van der Waals surface area (Å²) in [7, 11) is 0. The molecular weight excluding hydrogens is 337 g/mol. The van der Waals surface area contributed by atoms with Crippen molar-refractivity contribution in [1.82, 2.24) is 4.57 Å². The molecule has 0 atom stereocenters. The first-order valence-electron chi connectivity index (χ1n) is 6.80. The summed E-state index contributed by atoms with van der Waals surface area (Å²) in [4.78, 5) is 0. The van der Waals surface area contributed by atoms with Crippen LogP contribution in [0.2, 0.25) is 15.1 Å². The predicted molar refractivity (Wildman–Crippen MR) is 95.8 cm³/mol. The summed E-state index contributed by atoms with van der Waals surface area (Å²) in [5.41, 5.74) is 3.12. The lowest BCUT2D eigenvalue weighted by atomic mass is 10.2. The summed E-state index contributed by atoms with van der Waals surface area (Å²) in [6.07, 6.45) is 0. The second kappa shape index (κ2) is 5.20. The molecule has 0 unspecified atom stereocenters. The van der Waals surface area contributed by atoms with E-state index in [0.29, 0.717) is 15.1 Å². The van der Waals surface area contributed by atoms with Crippen LogP contribution < -0.4 is 0 Å². The Labute approximate surface area is 142 Å². The number of para-hydroxylation sites is 2. The van der Waals surface area contributed by atoms with E-state index in [1.165, 1.54) is 10.8 Å². The molecule has 1 nitrogen and oxygen atoms in total. The number of halogens is 3. The lowest BCUT2D eigenvalue weighted by Gasteiger charge is -2.10. The van der Waals surface area contributed by atoms with Crippen molar-refractivity contribution in [3.8, 4) is 5.69 Å². The lowest BCUT2D eigenvalue weighted by molar-refractivity contribution is 1.18. The normalized spacial score (nSPS) is 11.4. The fraction of sp³-hybridized carbons (Fsp3) is 0. The summed E-state index contributed by atoms with van der Waals surface area (Å²) < 4.78 is 2.15. The molecule has 0 aliphatic heterocycles. The molecule has 4 rings (SSSR count). The van der Waals surface area contributed by atoms with Crippen LogP contribution in [0.4, 0.5) is 0 Å². The standard InChI is InChI=1S/C18H10Cl3N/c19-14-9-11(10-15(20)18(14)21)22-16-7-3-1-5-12(16)13-6-2-4-8-17(13)22/h1-10H. The highest BCUT2D eigenvalue weighted by molar-refractivity contribution is 6.48. The third kappa shape index (κ3) is 2.01. The quantitative estimate of drug-likeness (QED) is 0.336. The zero-order valence-corrected chi connectivity index (χ0v) is 13.6. The molecule has 4 heteroatoms. The topological polar surface area (TPSA) is 4.93 Å². The number of fused-ring (bicyclic) bond motifs is 3. The maximum Gasteiger partial charge on any atom is 0.0780 e. The SMILES string of the molecule is Clc1cc(-n2c3ccccc3c3ccccc32)cc(Cl)c1Cl. The minimum absolute atomic E-state index is 0.382. The van der Waals surface area contributed by atoms with Crippen LogP contribution in [0.25, 0.3) is 27.5 Å². The molecular formula is C18H10Cl3N. The number of rotatable bonds is 1. The summed E-state index contributed by atoms with van der Waals surface area (Å²) in [5, 5.41) is 3.67. The van der Waals surface area contributed by atoms with Gasteiger partial charge in [0.25, 0.3) is 0 Å². The van der Waals surface area contributed by atoms with E-state index < -0.39 is 0 Å². The maximum absolute atomic E-state index is 6.21. The molecule has 3 aromatic carbocycles. The summed E-state index contributed by atoms with van der Waals surface area (Å²) in [6, 6.07) is 20.2. The molecule has 22 heavy (non-hydrogen) atoms. The molecule has 108 valence electrons. The van der Waals surface area contributed by atoms with Gasteiger partial charge in [0.1, 0.15) is 0 Å². The highest BCUT2D eigenvalue weighted by atomic mass is 35.5. The van der Waals surface area contributed by atoms with Crippen molar-refractivity contribution in [2.45, 2.75) is 0 Å². The van der Waals surface area contributed by atoms with Crippen LogP contribution >= 0.6 is 34.8 Å². The largest absolute Gasteiger partial charge is 0.309 e. The minimum Gasteiger partial charge on any atom is -0.309 e. The Morgan fingerprint density at radius 3 is 1.59 bits per heavy atom. The molecule has 0 aliphatic rings. The van der Waals surface area contributed by atoms with Crippen molar-refractivity contribution in [3.63, 3.8) is 0 Å². The van der Waals surface area contributed by atoms with Gasteiger partial charge in [-0.3, -0.25) is 0 Å². The molecule has 4 aromatic rings. The van der Waals surface area contributed by atoms with Crippen LogP contribution in [0.15, 0.2) is 60.7 Å². The van der Waals surface area contributed by atoms with Crippen molar-refractivity contribution in [1.29, 1.82) is 0 Å². The van der Waals surface area contributed by atoms with E-state index >= 15 is 0 Å². The van der Waals surface area contributed by atoms with Crippen molar-refractivity contribution in [2.75, 3.05) is 0 Å². The molecule has 0 saturated carbocycles. The van der Waals surface area contributed by atoms with Gasteiger partial charge in [0, 0.05) is 16.5 Å². The Hall–Kier alpha value is -1.67. The zero-order chi connectivity index (χ0) is 15.3. The maximum atomic E-state index is 6.21. The molecule has 0 saturated heterocycles. The first kappa shape index (κ1) is 14.0. The van der Waals surface area contributed by atoms with E-state index in [1.54, 1.807) is 0 Å². The Balaban J connectivity index is 2.17. The molecule has 1 aromatic heterocycles. The number of nitrogens with zero attached hydrogens (tertiary/aromatic N) is 1. The molecule has 0 radical (unpaired) electrons. The Morgan fingerprint density at radius 1 is 0.636 bits per heavy atom. The number of hydrogen-bond donors (Lipinski definition) is 0. The van der Waals surface area contributed by atoms with Crippen LogP contribution in [0, 0.1) is 0 Å². The molecule has 0 fully saturated rings. The van der Waals surface area contributed by atoms with E-state index in [9.17, 15) is 0 Å². The van der Waals surface area contributed by atoms with Crippen molar-refractivity contribution in [3.05, 3.63) is 75.7 Å². The van der Waals surface area contributed by atoms with Gasteiger partial charge in [-0.2, -0.15) is 0 Å². The van der Waals surface area contributed by atoms with Gasteiger partial charge >= 0.3 is 0 Å². The van der Waals surface area contributed by atoms with Crippen molar-refractivity contribution < 1.29 is 0 Å². The van der Waals surface area contributed by atoms with Gasteiger partial charge < -0.3 is 4.57 Å². The van der Waals surface area contributed by atoms with Crippen LogP contribution in [0.1, 0.15) is 0 Å². The average molecular weight is 347 g/mol. The van der Waals surface area contributed by atoms with E-state index in [-0.39, 0.29) is 0 Å². The van der Waals surface area contributed by atoms with Crippen molar-refractivity contribution in [2.24, 2.45) is 0 Å². The third-order valence-electron chi connectivity index (χ3n) is 3.81. The first-order valence-corrected chi connectivity index (χ1v) is 7.93. The fourth-order valence-corrected chi connectivity index (χ4v) is 3.46. The minimum atomic E-state index is 0.382. The van der Waals surface area contributed by atoms with Gasteiger partial charge in [0.2, 0.25) is 0 Å². The molecule has 0 spiro atoms. The molecule has 0 bridgehead atoms. The monoisotopic (exact) mass is 345 g/mol. The number of benzene rings is 3. The number of aromatic nitrogens is 1. The molecule has 0 N–H and O–H groups in total. The van der Waals surface area contributed by atoms with Crippen molar-refractivity contribution >= 4 is 56.6 Å². The third-order valence-corrected chi connectivity index (χ3v) is 5.00. The highest BCUT2D eigenvalue weighted by Crippen LogP contribution is 2.36. The zero-order valence-electron chi connectivity index (χ0n) is 11.4. The molecule has 0 aliphatic carbocycles.